The van der Waals surface area contributed by atoms with E-state index in [1.54, 1.807) is 12.1 Å². The highest BCUT2D eigenvalue weighted by Gasteiger charge is 2.38. The van der Waals surface area contributed by atoms with Crippen LogP contribution in [0.5, 0.6) is 0 Å². The molecule has 0 amide bonds. The van der Waals surface area contributed by atoms with Gasteiger partial charge in [-0.3, -0.25) is 4.57 Å². The molecule has 0 spiro atoms. The minimum absolute atomic E-state index is 0.0542. The highest BCUT2D eigenvalue weighted by molar-refractivity contribution is 7.67. The van der Waals surface area contributed by atoms with E-state index in [1.807, 2.05) is 61.5 Å². The van der Waals surface area contributed by atoms with E-state index in [0.29, 0.717) is 10.9 Å². The topological polar surface area (TPSA) is 49.8 Å². The summed E-state index contributed by atoms with van der Waals surface area (Å²) in [4.78, 5) is 1.99. The van der Waals surface area contributed by atoms with Crippen LogP contribution >= 0.6 is 7.37 Å². The predicted molar refractivity (Wildman–Crippen MR) is 107 cm³/mol. The first-order chi connectivity index (χ1) is 12.5. The van der Waals surface area contributed by atoms with Crippen LogP contribution in [-0.2, 0) is 9.09 Å². The second-order valence-corrected chi connectivity index (χ2v) is 9.57. The molecule has 1 fully saturated rings. The SMILES string of the molecule is CN(C)c1ccc([P@@](=O)(OC2CCCCC2)[C@H](O)c2ccccc2)cc1. The molecule has 140 valence electrons. The van der Waals surface area contributed by atoms with Gasteiger partial charge in [-0.1, -0.05) is 49.6 Å². The van der Waals surface area contributed by atoms with Crippen molar-refractivity contribution in [1.82, 2.24) is 0 Å². The van der Waals surface area contributed by atoms with Gasteiger partial charge in [0, 0.05) is 25.1 Å². The number of nitrogens with zero attached hydrogens (tertiary/aromatic N) is 1. The summed E-state index contributed by atoms with van der Waals surface area (Å²) in [7, 11) is 0.462. The number of rotatable bonds is 6. The van der Waals surface area contributed by atoms with Crippen LogP contribution in [0.15, 0.2) is 54.6 Å². The molecule has 2 aromatic carbocycles. The number of hydrogen-bond acceptors (Lipinski definition) is 4. The lowest BCUT2D eigenvalue weighted by Crippen LogP contribution is -2.22. The summed E-state index contributed by atoms with van der Waals surface area (Å²) in [5.41, 5.74) is 1.65. The van der Waals surface area contributed by atoms with Crippen molar-refractivity contribution in [3.05, 3.63) is 60.2 Å². The van der Waals surface area contributed by atoms with E-state index >= 15 is 0 Å². The fourth-order valence-electron chi connectivity index (χ4n) is 3.43. The minimum Gasteiger partial charge on any atom is -0.378 e. The smallest absolute Gasteiger partial charge is 0.264 e. The zero-order chi connectivity index (χ0) is 18.6. The first-order valence-electron chi connectivity index (χ1n) is 9.30. The lowest BCUT2D eigenvalue weighted by molar-refractivity contribution is 0.137. The molecule has 1 aliphatic rings. The third-order valence-electron chi connectivity index (χ3n) is 5.00. The molecule has 3 rings (SSSR count). The van der Waals surface area contributed by atoms with Crippen molar-refractivity contribution in [2.45, 2.75) is 44.1 Å². The molecule has 1 aliphatic carbocycles. The summed E-state index contributed by atoms with van der Waals surface area (Å²) in [5, 5.41) is 11.6. The van der Waals surface area contributed by atoms with E-state index in [0.717, 1.165) is 31.4 Å². The van der Waals surface area contributed by atoms with Crippen LogP contribution in [0, 0.1) is 0 Å². The summed E-state index contributed by atoms with van der Waals surface area (Å²) < 4.78 is 20.2. The monoisotopic (exact) mass is 373 g/mol. The Morgan fingerprint density at radius 2 is 1.62 bits per heavy atom. The molecule has 0 aromatic heterocycles. The van der Waals surface area contributed by atoms with Crippen LogP contribution in [0.1, 0.15) is 43.5 Å². The lowest BCUT2D eigenvalue weighted by atomic mass is 9.98. The van der Waals surface area contributed by atoms with Gasteiger partial charge in [-0.2, -0.15) is 0 Å². The van der Waals surface area contributed by atoms with Gasteiger partial charge in [0.1, 0.15) is 0 Å². The van der Waals surface area contributed by atoms with Gasteiger partial charge in [0.2, 0.25) is 0 Å². The average molecular weight is 373 g/mol. The predicted octanol–water partition coefficient (Wildman–Crippen LogP) is 4.70. The molecule has 0 heterocycles. The second-order valence-electron chi connectivity index (χ2n) is 7.16. The Morgan fingerprint density at radius 3 is 2.19 bits per heavy atom. The molecule has 4 nitrogen and oxygen atoms in total. The maximum absolute atomic E-state index is 14.0. The Morgan fingerprint density at radius 1 is 1.00 bits per heavy atom. The van der Waals surface area contributed by atoms with Crippen molar-refractivity contribution >= 4 is 18.4 Å². The van der Waals surface area contributed by atoms with Gasteiger partial charge in [0.05, 0.1) is 6.10 Å². The first kappa shape index (κ1) is 19.2. The van der Waals surface area contributed by atoms with Gasteiger partial charge >= 0.3 is 0 Å². The van der Waals surface area contributed by atoms with Crippen LogP contribution in [-0.4, -0.2) is 25.3 Å². The van der Waals surface area contributed by atoms with Crippen LogP contribution in [0.2, 0.25) is 0 Å². The number of anilines is 1. The van der Waals surface area contributed by atoms with Gasteiger partial charge in [0.15, 0.2) is 5.85 Å². The standard InChI is InChI=1S/C21H28NO3P/c1-22(2)18-13-15-20(16-14-18)26(24,25-19-11-7-4-8-12-19)21(23)17-9-5-3-6-10-17/h3,5-6,9-10,13-16,19,21,23H,4,7-8,11-12H2,1-2H3/t21-,26+/m0/s1. The van der Waals surface area contributed by atoms with E-state index in [1.165, 1.54) is 6.42 Å². The molecule has 0 radical (unpaired) electrons. The molecule has 2 aromatic rings. The molecule has 0 unspecified atom stereocenters. The Kier molecular flexibility index (Phi) is 6.18. The van der Waals surface area contributed by atoms with E-state index < -0.39 is 13.2 Å². The van der Waals surface area contributed by atoms with Gasteiger partial charge in [-0.05, 0) is 42.7 Å². The zero-order valence-electron chi connectivity index (χ0n) is 15.5. The van der Waals surface area contributed by atoms with Crippen LogP contribution in [0.25, 0.3) is 0 Å². The van der Waals surface area contributed by atoms with Gasteiger partial charge in [-0.15, -0.1) is 0 Å². The Balaban J connectivity index is 1.96. The Hall–Kier alpha value is -1.61. The van der Waals surface area contributed by atoms with E-state index in [-0.39, 0.29) is 6.10 Å². The normalized spacial score (nSPS) is 18.9. The summed E-state index contributed by atoms with van der Waals surface area (Å²) in [6.45, 7) is 0. The van der Waals surface area contributed by atoms with Gasteiger partial charge in [-0.25, -0.2) is 0 Å². The largest absolute Gasteiger partial charge is 0.378 e. The highest BCUT2D eigenvalue weighted by atomic mass is 31.2. The van der Waals surface area contributed by atoms with Crippen molar-refractivity contribution in [1.29, 1.82) is 0 Å². The molecule has 0 aliphatic heterocycles. The van der Waals surface area contributed by atoms with Crippen LogP contribution < -0.4 is 10.2 Å². The molecular weight excluding hydrogens is 345 g/mol. The summed E-state index contributed by atoms with van der Waals surface area (Å²) in [6.07, 6.45) is 5.13. The quantitative estimate of drug-likeness (QED) is 0.746. The molecule has 2 atom stereocenters. The van der Waals surface area contributed by atoms with Crippen molar-refractivity contribution in [3.8, 4) is 0 Å². The Labute approximate surface area is 156 Å². The number of aliphatic hydroxyl groups excluding tert-OH is 1. The molecule has 1 N–H and O–H groups in total. The summed E-state index contributed by atoms with van der Waals surface area (Å²) in [5.74, 6) is -1.16. The van der Waals surface area contributed by atoms with E-state index in [2.05, 4.69) is 0 Å². The van der Waals surface area contributed by atoms with Crippen LogP contribution in [0.4, 0.5) is 5.69 Å². The zero-order valence-corrected chi connectivity index (χ0v) is 16.4. The molecular formula is C21H28NO3P. The minimum atomic E-state index is -3.47. The van der Waals surface area contributed by atoms with Gasteiger partial charge in [0.25, 0.3) is 7.37 Å². The third-order valence-corrected chi connectivity index (χ3v) is 7.57. The number of hydrogen-bond donors (Lipinski definition) is 1. The van der Waals surface area contributed by atoms with E-state index in [4.69, 9.17) is 4.52 Å². The fraction of sp³-hybridized carbons (Fsp3) is 0.429. The van der Waals surface area contributed by atoms with Crippen molar-refractivity contribution < 1.29 is 14.2 Å². The number of benzene rings is 2. The Bertz CT molecular complexity index is 740. The summed E-state index contributed by atoms with van der Waals surface area (Å²) in [6, 6.07) is 16.7. The van der Waals surface area contributed by atoms with E-state index in [9.17, 15) is 9.67 Å². The maximum Gasteiger partial charge on any atom is 0.264 e. The summed E-state index contributed by atoms with van der Waals surface area (Å²) >= 11 is 0. The van der Waals surface area contributed by atoms with Crippen molar-refractivity contribution in [3.63, 3.8) is 0 Å². The van der Waals surface area contributed by atoms with Crippen molar-refractivity contribution in [2.24, 2.45) is 0 Å². The molecule has 0 bridgehead atoms. The number of aliphatic hydroxyl groups is 1. The van der Waals surface area contributed by atoms with Crippen LogP contribution in [0.3, 0.4) is 0 Å². The highest BCUT2D eigenvalue weighted by Crippen LogP contribution is 2.59. The first-order valence-corrected chi connectivity index (χ1v) is 11.0. The lowest BCUT2D eigenvalue weighted by Gasteiger charge is -2.31. The fourth-order valence-corrected chi connectivity index (χ4v) is 5.73. The molecule has 1 saturated carbocycles. The average Bonchev–Trinajstić information content (AvgIpc) is 2.69. The van der Waals surface area contributed by atoms with Crippen molar-refractivity contribution in [2.75, 3.05) is 19.0 Å². The third kappa shape index (κ3) is 4.20. The molecule has 26 heavy (non-hydrogen) atoms. The van der Waals surface area contributed by atoms with Gasteiger partial charge < -0.3 is 14.5 Å². The maximum atomic E-state index is 14.0. The molecule has 5 heteroatoms. The molecule has 0 saturated heterocycles. The second kappa shape index (κ2) is 8.39.